The highest BCUT2D eigenvalue weighted by molar-refractivity contribution is 7.99. The van der Waals surface area contributed by atoms with E-state index in [2.05, 4.69) is 12.1 Å². The molecular weight excluding hydrogens is 374 g/mol. The number of thioether (sulfide) groups is 1. The van der Waals surface area contributed by atoms with Crippen LogP contribution in [0.5, 0.6) is 0 Å². The van der Waals surface area contributed by atoms with Gasteiger partial charge >= 0.3 is 5.97 Å². The predicted molar refractivity (Wildman–Crippen MR) is 103 cm³/mol. The molecule has 2 rings (SSSR count). The van der Waals surface area contributed by atoms with Crippen molar-refractivity contribution in [1.29, 1.82) is 0 Å². The second-order valence-corrected chi connectivity index (χ2v) is 10.1. The highest BCUT2D eigenvalue weighted by atomic mass is 32.2. The van der Waals surface area contributed by atoms with Crippen LogP contribution in [0.15, 0.2) is 34.3 Å². The molecule has 0 fully saturated rings. The summed E-state index contributed by atoms with van der Waals surface area (Å²) in [7, 11) is -3.68. The van der Waals surface area contributed by atoms with Crippen molar-refractivity contribution < 1.29 is 22.8 Å². The summed E-state index contributed by atoms with van der Waals surface area (Å²) in [5, 5.41) is 4.10. The molecule has 1 aromatic carbocycles. The van der Waals surface area contributed by atoms with E-state index in [0.717, 1.165) is 23.3 Å². The van der Waals surface area contributed by atoms with E-state index in [1.807, 2.05) is 24.3 Å². The average molecular weight is 400 g/mol. The Hall–Kier alpha value is -1.54. The molecular formula is C18H25NO5S2. The molecule has 0 aliphatic carbocycles. The monoisotopic (exact) mass is 399 g/mol. The molecule has 144 valence electrons. The second kappa shape index (κ2) is 8.43. The molecule has 8 heteroatoms. The first-order chi connectivity index (χ1) is 12.2. The Kier molecular flexibility index (Phi) is 6.74. The largest absolute Gasteiger partial charge is 0.465 e. The Morgan fingerprint density at radius 2 is 2.00 bits per heavy atom. The summed E-state index contributed by atoms with van der Waals surface area (Å²) in [6.07, 6.45) is 1.01. The summed E-state index contributed by atoms with van der Waals surface area (Å²) in [6.45, 7) is 5.26. The minimum Gasteiger partial charge on any atom is -0.465 e. The first-order valence-electron chi connectivity index (χ1n) is 8.54. The van der Waals surface area contributed by atoms with Crippen LogP contribution in [0.25, 0.3) is 0 Å². The molecule has 2 atom stereocenters. The van der Waals surface area contributed by atoms with Crippen LogP contribution in [0.1, 0.15) is 39.2 Å². The topological polar surface area (TPSA) is 82.0 Å². The number of sulfone groups is 1. The number of esters is 1. The van der Waals surface area contributed by atoms with Gasteiger partial charge in [0.15, 0.2) is 14.6 Å². The molecule has 0 spiro atoms. The maximum Gasteiger partial charge on any atom is 0.327 e. The molecule has 1 aliphatic heterocycles. The van der Waals surface area contributed by atoms with Crippen molar-refractivity contribution in [1.82, 2.24) is 0 Å². The lowest BCUT2D eigenvalue weighted by molar-refractivity contribution is -0.146. The third kappa shape index (κ3) is 4.59. The molecule has 0 N–H and O–H groups in total. The molecule has 0 radical (unpaired) electrons. The summed E-state index contributed by atoms with van der Waals surface area (Å²) < 4.78 is 27.7. The van der Waals surface area contributed by atoms with E-state index in [0.29, 0.717) is 6.42 Å². The number of carbonyl (C=O) groups is 1. The van der Waals surface area contributed by atoms with Gasteiger partial charge in [-0.2, -0.15) is 0 Å². The summed E-state index contributed by atoms with van der Waals surface area (Å²) in [5.74, 6) is 0.254. The third-order valence-corrected chi connectivity index (χ3v) is 7.24. The van der Waals surface area contributed by atoms with Crippen molar-refractivity contribution in [3.63, 3.8) is 0 Å². The Balaban J connectivity index is 2.09. The van der Waals surface area contributed by atoms with Gasteiger partial charge in [0.1, 0.15) is 6.10 Å². The van der Waals surface area contributed by atoms with Gasteiger partial charge in [0.05, 0.1) is 12.3 Å². The van der Waals surface area contributed by atoms with Gasteiger partial charge in [0.2, 0.25) is 0 Å². The van der Waals surface area contributed by atoms with Gasteiger partial charge in [-0.15, -0.1) is 11.8 Å². The van der Waals surface area contributed by atoms with Crippen molar-refractivity contribution in [3.05, 3.63) is 29.8 Å². The highest BCUT2D eigenvalue weighted by Crippen LogP contribution is 2.30. The minimum atomic E-state index is -3.68. The van der Waals surface area contributed by atoms with Crippen molar-refractivity contribution in [3.8, 4) is 0 Å². The summed E-state index contributed by atoms with van der Waals surface area (Å²) in [5.41, 5.74) is 1.69. The molecule has 0 aromatic heterocycles. The van der Waals surface area contributed by atoms with Crippen LogP contribution < -0.4 is 0 Å². The molecule has 0 saturated carbocycles. The van der Waals surface area contributed by atoms with Gasteiger partial charge in [-0.3, -0.25) is 4.79 Å². The fourth-order valence-corrected chi connectivity index (χ4v) is 4.24. The van der Waals surface area contributed by atoms with E-state index in [4.69, 9.17) is 9.57 Å². The smallest absolute Gasteiger partial charge is 0.327 e. The zero-order valence-corrected chi connectivity index (χ0v) is 17.2. The Morgan fingerprint density at radius 3 is 2.54 bits per heavy atom. The zero-order chi connectivity index (χ0) is 19.4. The molecule has 0 bridgehead atoms. The number of carbonyl (C=O) groups excluding carboxylic acids is 1. The molecule has 0 amide bonds. The average Bonchev–Trinajstić information content (AvgIpc) is 3.03. The number of hydrogen-bond acceptors (Lipinski definition) is 7. The van der Waals surface area contributed by atoms with E-state index in [-0.39, 0.29) is 13.0 Å². The Bertz CT molecular complexity index is 773. The van der Waals surface area contributed by atoms with Crippen molar-refractivity contribution in [2.75, 3.05) is 18.6 Å². The number of hydrogen-bond donors (Lipinski definition) is 0. The zero-order valence-electron chi connectivity index (χ0n) is 15.5. The van der Waals surface area contributed by atoms with E-state index in [9.17, 15) is 13.2 Å². The van der Waals surface area contributed by atoms with Gasteiger partial charge in [0.25, 0.3) is 0 Å². The first kappa shape index (κ1) is 20.8. The standard InChI is InChI=1S/C18H25NO5S2/c1-5-23-17(20)18(3,26(4,21)22)12-14-11-16(19-24-14)13-7-9-15(10-8-13)25-6-2/h7-10,14H,5-6,11-12H2,1-4H3. The molecule has 26 heavy (non-hydrogen) atoms. The minimum absolute atomic E-state index is 0.00143. The van der Waals surface area contributed by atoms with Gasteiger partial charge < -0.3 is 9.57 Å². The number of rotatable bonds is 8. The molecule has 1 aliphatic rings. The lowest BCUT2D eigenvalue weighted by Gasteiger charge is -2.27. The van der Waals surface area contributed by atoms with Crippen LogP contribution in [0.2, 0.25) is 0 Å². The van der Waals surface area contributed by atoms with E-state index < -0.39 is 26.7 Å². The Labute approximate surface area is 159 Å². The van der Waals surface area contributed by atoms with Crippen LogP contribution >= 0.6 is 11.8 Å². The fraction of sp³-hybridized carbons (Fsp3) is 0.556. The highest BCUT2D eigenvalue weighted by Gasteiger charge is 2.48. The number of oxime groups is 1. The predicted octanol–water partition coefficient (Wildman–Crippen LogP) is 3.05. The molecule has 2 unspecified atom stereocenters. The van der Waals surface area contributed by atoms with Crippen LogP contribution in [0.3, 0.4) is 0 Å². The van der Waals surface area contributed by atoms with Gasteiger partial charge in [0, 0.05) is 24.0 Å². The van der Waals surface area contributed by atoms with E-state index >= 15 is 0 Å². The van der Waals surface area contributed by atoms with Crippen LogP contribution in [-0.2, 0) is 24.2 Å². The van der Waals surface area contributed by atoms with E-state index in [1.165, 1.54) is 11.8 Å². The molecule has 0 saturated heterocycles. The summed E-state index contributed by atoms with van der Waals surface area (Å²) >= 11 is 1.76. The van der Waals surface area contributed by atoms with Crippen molar-refractivity contribution >= 4 is 33.3 Å². The molecule has 1 heterocycles. The van der Waals surface area contributed by atoms with Crippen molar-refractivity contribution in [2.24, 2.45) is 5.16 Å². The fourth-order valence-electron chi connectivity index (χ4n) is 2.72. The lowest BCUT2D eigenvalue weighted by Crippen LogP contribution is -2.47. The second-order valence-electron chi connectivity index (χ2n) is 6.35. The van der Waals surface area contributed by atoms with Crippen molar-refractivity contribution in [2.45, 2.75) is 49.4 Å². The Morgan fingerprint density at radius 1 is 1.35 bits per heavy atom. The van der Waals surface area contributed by atoms with Gasteiger partial charge in [-0.25, -0.2) is 8.42 Å². The van der Waals surface area contributed by atoms with Crippen LogP contribution in [-0.4, -0.2) is 49.6 Å². The SMILES string of the molecule is CCOC(=O)C(C)(CC1CC(c2ccc(SCC)cc2)=NO1)S(C)(=O)=O. The molecule has 6 nitrogen and oxygen atoms in total. The first-order valence-corrected chi connectivity index (χ1v) is 11.4. The number of benzene rings is 1. The van der Waals surface area contributed by atoms with E-state index in [1.54, 1.807) is 18.7 Å². The van der Waals surface area contributed by atoms with Gasteiger partial charge in [-0.05, 0) is 37.3 Å². The van der Waals surface area contributed by atoms with Crippen LogP contribution in [0.4, 0.5) is 0 Å². The lowest BCUT2D eigenvalue weighted by atomic mass is 9.97. The number of ether oxygens (including phenoxy) is 1. The summed E-state index contributed by atoms with van der Waals surface area (Å²) in [6, 6.07) is 8.00. The summed E-state index contributed by atoms with van der Waals surface area (Å²) in [4.78, 5) is 18.9. The van der Waals surface area contributed by atoms with Gasteiger partial charge in [-0.1, -0.05) is 24.2 Å². The maximum absolute atomic E-state index is 12.3. The van der Waals surface area contributed by atoms with Crippen LogP contribution in [0, 0.1) is 0 Å². The quantitative estimate of drug-likeness (QED) is 0.494. The number of nitrogens with zero attached hydrogens (tertiary/aromatic N) is 1. The maximum atomic E-state index is 12.3. The molecule has 1 aromatic rings. The normalized spacial score (nSPS) is 19.4. The third-order valence-electron chi connectivity index (χ3n) is 4.37.